The number of hydrogen-bond donors (Lipinski definition) is 0. The van der Waals surface area contributed by atoms with Crippen LogP contribution in [0.2, 0.25) is 0 Å². The lowest BCUT2D eigenvalue weighted by Gasteiger charge is -2.19. The molecule has 2 unspecified atom stereocenters. The number of carbonyl (C=O) groups excluding carboxylic acids is 2. The summed E-state index contributed by atoms with van der Waals surface area (Å²) in [5.74, 6) is 0.0743. The van der Waals surface area contributed by atoms with E-state index in [2.05, 4.69) is 24.2 Å². The maximum atomic E-state index is 12.6. The fraction of sp³-hybridized carbons (Fsp3) is 0.421. The van der Waals surface area contributed by atoms with Gasteiger partial charge in [0.15, 0.2) is 5.82 Å². The van der Waals surface area contributed by atoms with Crippen LogP contribution in [0.3, 0.4) is 0 Å². The highest BCUT2D eigenvalue weighted by atomic mass is 16.2. The van der Waals surface area contributed by atoms with Crippen molar-refractivity contribution in [2.75, 3.05) is 4.90 Å². The highest BCUT2D eigenvalue weighted by molar-refractivity contribution is 6.21. The van der Waals surface area contributed by atoms with Crippen molar-refractivity contribution in [3.8, 4) is 0 Å². The number of anilines is 1. The van der Waals surface area contributed by atoms with Gasteiger partial charge in [0, 0.05) is 12.3 Å². The Bertz CT molecular complexity index is 771. The van der Waals surface area contributed by atoms with Crippen LogP contribution in [0.1, 0.15) is 36.8 Å². The molecule has 2 amide bonds. The molecule has 5 heteroatoms. The Balaban J connectivity index is 1.57. The molecular weight excluding hydrogens is 302 g/mol. The number of amides is 2. The van der Waals surface area contributed by atoms with Crippen molar-refractivity contribution in [1.29, 1.82) is 0 Å². The van der Waals surface area contributed by atoms with E-state index in [1.165, 1.54) is 16.0 Å². The third kappa shape index (κ3) is 2.44. The fourth-order valence-electron chi connectivity index (χ4n) is 3.91. The van der Waals surface area contributed by atoms with Crippen molar-refractivity contribution in [1.82, 2.24) is 9.78 Å². The zero-order valence-electron chi connectivity index (χ0n) is 13.8. The van der Waals surface area contributed by atoms with E-state index in [-0.39, 0.29) is 23.7 Å². The van der Waals surface area contributed by atoms with Crippen molar-refractivity contribution in [3.05, 3.63) is 47.7 Å². The van der Waals surface area contributed by atoms with Crippen LogP contribution in [0.25, 0.3) is 0 Å². The van der Waals surface area contributed by atoms with E-state index >= 15 is 0 Å². The molecule has 1 saturated carbocycles. The number of aryl methyl sites for hydroxylation is 1. The van der Waals surface area contributed by atoms with E-state index in [1.807, 2.05) is 18.3 Å². The second kappa shape index (κ2) is 5.89. The molecule has 1 aliphatic carbocycles. The lowest BCUT2D eigenvalue weighted by Crippen LogP contribution is -2.31. The van der Waals surface area contributed by atoms with Gasteiger partial charge in [0.2, 0.25) is 11.8 Å². The first kappa shape index (κ1) is 15.1. The van der Waals surface area contributed by atoms with Crippen LogP contribution in [-0.4, -0.2) is 21.6 Å². The summed E-state index contributed by atoms with van der Waals surface area (Å²) < 4.78 is 1.79. The van der Waals surface area contributed by atoms with Gasteiger partial charge < -0.3 is 0 Å². The smallest absolute Gasteiger partial charge is 0.238 e. The first-order valence-corrected chi connectivity index (χ1v) is 8.61. The number of rotatable bonds is 3. The average Bonchev–Trinajstić information content (AvgIpc) is 3.14. The van der Waals surface area contributed by atoms with E-state index in [4.69, 9.17) is 0 Å². The third-order valence-corrected chi connectivity index (χ3v) is 5.29. The number of benzene rings is 1. The highest BCUT2D eigenvalue weighted by Gasteiger charge is 2.49. The fourth-order valence-corrected chi connectivity index (χ4v) is 3.91. The Morgan fingerprint density at radius 1 is 1.04 bits per heavy atom. The van der Waals surface area contributed by atoms with Gasteiger partial charge in [0.05, 0.1) is 18.4 Å². The standard InChI is InChI=1S/C19H21N3O2/c1-13-6-2-3-7-14(13)12-21-11-10-17(20-21)22-18(23)15-8-4-5-9-16(15)19(22)24/h2-3,6-7,10-11,15-16H,4-5,8-9,12H2,1H3. The summed E-state index contributed by atoms with van der Waals surface area (Å²) in [4.78, 5) is 26.6. The van der Waals surface area contributed by atoms with Crippen LogP contribution >= 0.6 is 0 Å². The minimum absolute atomic E-state index is 0.0640. The predicted molar refractivity (Wildman–Crippen MR) is 90.4 cm³/mol. The second-order valence-electron chi connectivity index (χ2n) is 6.81. The summed E-state index contributed by atoms with van der Waals surface area (Å²) in [6, 6.07) is 9.92. The molecular formula is C19H21N3O2. The molecule has 1 aliphatic heterocycles. The molecule has 0 bridgehead atoms. The zero-order valence-corrected chi connectivity index (χ0v) is 13.8. The number of carbonyl (C=O) groups is 2. The van der Waals surface area contributed by atoms with Crippen molar-refractivity contribution < 1.29 is 9.59 Å². The number of imide groups is 1. The average molecular weight is 323 g/mol. The molecule has 0 radical (unpaired) electrons. The molecule has 124 valence electrons. The molecule has 1 saturated heterocycles. The van der Waals surface area contributed by atoms with Gasteiger partial charge in [-0.1, -0.05) is 37.1 Å². The molecule has 0 N–H and O–H groups in total. The summed E-state index contributed by atoms with van der Waals surface area (Å²) in [5, 5.41) is 4.49. The molecule has 5 nitrogen and oxygen atoms in total. The summed E-state index contributed by atoms with van der Waals surface area (Å²) in [7, 11) is 0. The molecule has 0 spiro atoms. The lowest BCUT2D eigenvalue weighted by molar-refractivity contribution is -0.122. The van der Waals surface area contributed by atoms with Crippen LogP contribution in [-0.2, 0) is 16.1 Å². The molecule has 24 heavy (non-hydrogen) atoms. The van der Waals surface area contributed by atoms with Gasteiger partial charge in [-0.15, -0.1) is 0 Å². The van der Waals surface area contributed by atoms with Gasteiger partial charge >= 0.3 is 0 Å². The molecule has 4 rings (SSSR count). The molecule has 2 aliphatic rings. The Labute approximate surface area is 141 Å². The van der Waals surface area contributed by atoms with Gasteiger partial charge in [0.1, 0.15) is 0 Å². The van der Waals surface area contributed by atoms with Crippen molar-refractivity contribution in [2.45, 2.75) is 39.2 Å². The summed E-state index contributed by atoms with van der Waals surface area (Å²) in [6.45, 7) is 2.70. The maximum absolute atomic E-state index is 12.6. The van der Waals surface area contributed by atoms with Gasteiger partial charge in [-0.05, 0) is 30.9 Å². The van der Waals surface area contributed by atoms with Gasteiger partial charge in [-0.2, -0.15) is 5.10 Å². The molecule has 1 aromatic carbocycles. The van der Waals surface area contributed by atoms with Crippen LogP contribution in [0.5, 0.6) is 0 Å². The quantitative estimate of drug-likeness (QED) is 0.816. The van der Waals surface area contributed by atoms with Crippen molar-refractivity contribution >= 4 is 17.6 Å². The lowest BCUT2D eigenvalue weighted by atomic mass is 9.81. The summed E-state index contributed by atoms with van der Waals surface area (Å²) in [5.41, 5.74) is 2.38. The van der Waals surface area contributed by atoms with Gasteiger partial charge in [0.25, 0.3) is 0 Å². The van der Waals surface area contributed by atoms with Gasteiger partial charge in [-0.3, -0.25) is 14.3 Å². The molecule has 2 fully saturated rings. The molecule has 2 aromatic rings. The summed E-state index contributed by atoms with van der Waals surface area (Å²) in [6.07, 6.45) is 5.57. The number of fused-ring (bicyclic) bond motifs is 1. The van der Waals surface area contributed by atoms with E-state index in [9.17, 15) is 9.59 Å². The SMILES string of the molecule is Cc1ccccc1Cn1ccc(N2C(=O)C3CCCCC3C2=O)n1. The molecule has 1 aromatic heterocycles. The van der Waals surface area contributed by atoms with E-state index in [0.29, 0.717) is 12.4 Å². The highest BCUT2D eigenvalue weighted by Crippen LogP contribution is 2.39. The number of hydrogen-bond acceptors (Lipinski definition) is 3. The zero-order chi connectivity index (χ0) is 16.7. The topological polar surface area (TPSA) is 55.2 Å². The first-order valence-electron chi connectivity index (χ1n) is 8.61. The molecule has 2 heterocycles. The van der Waals surface area contributed by atoms with Crippen LogP contribution in [0.15, 0.2) is 36.5 Å². The first-order chi connectivity index (χ1) is 11.6. The Morgan fingerprint density at radius 2 is 1.71 bits per heavy atom. The Hall–Kier alpha value is -2.43. The van der Waals surface area contributed by atoms with Crippen molar-refractivity contribution in [2.24, 2.45) is 11.8 Å². The largest absolute Gasteiger partial charge is 0.274 e. The van der Waals surface area contributed by atoms with Crippen molar-refractivity contribution in [3.63, 3.8) is 0 Å². The minimum atomic E-state index is -0.132. The van der Waals surface area contributed by atoms with E-state index < -0.39 is 0 Å². The number of aromatic nitrogens is 2. The minimum Gasteiger partial charge on any atom is -0.274 e. The Kier molecular flexibility index (Phi) is 3.71. The van der Waals surface area contributed by atoms with Crippen LogP contribution < -0.4 is 4.90 Å². The van der Waals surface area contributed by atoms with Crippen LogP contribution in [0.4, 0.5) is 5.82 Å². The summed E-state index contributed by atoms with van der Waals surface area (Å²) >= 11 is 0. The maximum Gasteiger partial charge on any atom is 0.238 e. The van der Waals surface area contributed by atoms with Gasteiger partial charge in [-0.25, -0.2) is 4.90 Å². The van der Waals surface area contributed by atoms with Crippen LogP contribution in [0, 0.1) is 18.8 Å². The molecule has 2 atom stereocenters. The normalized spacial score (nSPS) is 23.6. The number of nitrogens with zero attached hydrogens (tertiary/aromatic N) is 3. The van der Waals surface area contributed by atoms with E-state index in [0.717, 1.165) is 25.7 Å². The monoisotopic (exact) mass is 323 g/mol. The van der Waals surface area contributed by atoms with E-state index in [1.54, 1.807) is 10.7 Å². The second-order valence-corrected chi connectivity index (χ2v) is 6.81. The predicted octanol–water partition coefficient (Wildman–Crippen LogP) is 2.92. The Morgan fingerprint density at radius 3 is 2.38 bits per heavy atom. The third-order valence-electron chi connectivity index (χ3n) is 5.29.